The van der Waals surface area contributed by atoms with E-state index in [4.69, 9.17) is 5.14 Å². The standard InChI is InChI=1S/C11H23N3O3S/c12-18(16,17)9-1-6-14-11(15)3-2-10-4-7-13-8-5-10/h10,13H,1-9H2,(H,14,15)(H2,12,16,17). The molecule has 106 valence electrons. The predicted molar refractivity (Wildman–Crippen MR) is 70.4 cm³/mol. The van der Waals surface area contributed by atoms with Crippen LogP contribution < -0.4 is 15.8 Å². The monoisotopic (exact) mass is 277 g/mol. The Morgan fingerprint density at radius 2 is 2.00 bits per heavy atom. The van der Waals surface area contributed by atoms with Crippen molar-refractivity contribution in [2.75, 3.05) is 25.4 Å². The van der Waals surface area contributed by atoms with E-state index in [1.807, 2.05) is 0 Å². The zero-order valence-electron chi connectivity index (χ0n) is 10.7. The van der Waals surface area contributed by atoms with Crippen LogP contribution in [0.15, 0.2) is 0 Å². The number of nitrogens with one attached hydrogen (secondary N) is 2. The van der Waals surface area contributed by atoms with E-state index in [0.717, 1.165) is 32.4 Å². The van der Waals surface area contributed by atoms with Gasteiger partial charge in [0.15, 0.2) is 0 Å². The number of rotatable bonds is 7. The molecule has 0 spiro atoms. The normalized spacial score (nSPS) is 17.6. The fourth-order valence-corrected chi connectivity index (χ4v) is 2.64. The molecule has 1 aliphatic heterocycles. The molecule has 18 heavy (non-hydrogen) atoms. The third-order valence-corrected chi connectivity index (χ3v) is 4.02. The minimum Gasteiger partial charge on any atom is -0.356 e. The predicted octanol–water partition coefficient (Wildman–Crippen LogP) is -0.439. The molecule has 0 atom stereocenters. The number of carbonyl (C=O) groups excluding carboxylic acids is 1. The molecule has 1 fully saturated rings. The molecule has 1 heterocycles. The van der Waals surface area contributed by atoms with Gasteiger partial charge in [-0.2, -0.15) is 0 Å². The molecule has 0 aromatic carbocycles. The summed E-state index contributed by atoms with van der Waals surface area (Å²) in [6.45, 7) is 2.46. The Bertz CT molecular complexity index is 351. The van der Waals surface area contributed by atoms with Crippen LogP contribution in [0.25, 0.3) is 0 Å². The lowest BCUT2D eigenvalue weighted by Gasteiger charge is -2.22. The molecule has 1 saturated heterocycles. The molecule has 4 N–H and O–H groups in total. The Morgan fingerprint density at radius 1 is 1.33 bits per heavy atom. The van der Waals surface area contributed by atoms with E-state index in [2.05, 4.69) is 10.6 Å². The van der Waals surface area contributed by atoms with Crippen molar-refractivity contribution in [2.45, 2.75) is 32.1 Å². The van der Waals surface area contributed by atoms with E-state index in [1.54, 1.807) is 0 Å². The first kappa shape index (κ1) is 15.4. The van der Waals surface area contributed by atoms with Crippen LogP contribution in [0.5, 0.6) is 0 Å². The number of hydrogen-bond donors (Lipinski definition) is 3. The molecule has 0 unspecified atom stereocenters. The van der Waals surface area contributed by atoms with Crippen molar-refractivity contribution in [3.63, 3.8) is 0 Å². The summed E-state index contributed by atoms with van der Waals surface area (Å²) in [7, 11) is -3.41. The number of sulfonamides is 1. The first-order valence-corrected chi connectivity index (χ1v) is 8.17. The Kier molecular flexibility index (Phi) is 6.59. The van der Waals surface area contributed by atoms with E-state index in [0.29, 0.717) is 25.3 Å². The molecule has 0 bridgehead atoms. The van der Waals surface area contributed by atoms with E-state index in [-0.39, 0.29) is 11.7 Å². The van der Waals surface area contributed by atoms with Crippen molar-refractivity contribution in [2.24, 2.45) is 11.1 Å². The smallest absolute Gasteiger partial charge is 0.220 e. The van der Waals surface area contributed by atoms with Crippen LogP contribution in [0.2, 0.25) is 0 Å². The highest BCUT2D eigenvalue weighted by Crippen LogP contribution is 2.17. The number of piperidine rings is 1. The molecular weight excluding hydrogens is 254 g/mol. The van der Waals surface area contributed by atoms with Crippen LogP contribution in [-0.4, -0.2) is 39.7 Å². The van der Waals surface area contributed by atoms with Gasteiger partial charge in [-0.3, -0.25) is 4.79 Å². The number of nitrogens with two attached hydrogens (primary N) is 1. The van der Waals surface area contributed by atoms with Crippen molar-refractivity contribution in [3.05, 3.63) is 0 Å². The lowest BCUT2D eigenvalue weighted by molar-refractivity contribution is -0.121. The van der Waals surface area contributed by atoms with Crippen LogP contribution in [-0.2, 0) is 14.8 Å². The van der Waals surface area contributed by atoms with Crippen molar-refractivity contribution >= 4 is 15.9 Å². The maximum atomic E-state index is 11.5. The zero-order valence-corrected chi connectivity index (χ0v) is 11.5. The minimum absolute atomic E-state index is 0.00273. The van der Waals surface area contributed by atoms with Crippen molar-refractivity contribution in [3.8, 4) is 0 Å². The number of amides is 1. The van der Waals surface area contributed by atoms with E-state index in [1.165, 1.54) is 0 Å². The second-order valence-corrected chi connectivity index (χ2v) is 6.54. The van der Waals surface area contributed by atoms with Gasteiger partial charge in [-0.25, -0.2) is 13.6 Å². The molecule has 0 saturated carbocycles. The van der Waals surface area contributed by atoms with Crippen molar-refractivity contribution < 1.29 is 13.2 Å². The SMILES string of the molecule is NS(=O)(=O)CCCNC(=O)CCC1CCNCC1. The minimum atomic E-state index is -3.41. The third kappa shape index (κ3) is 7.62. The fraction of sp³-hybridized carbons (Fsp3) is 0.909. The fourth-order valence-electron chi connectivity index (χ4n) is 2.10. The van der Waals surface area contributed by atoms with Gasteiger partial charge in [0.2, 0.25) is 15.9 Å². The summed E-state index contributed by atoms with van der Waals surface area (Å²) in [5.41, 5.74) is 0. The highest BCUT2D eigenvalue weighted by atomic mass is 32.2. The molecule has 1 aliphatic rings. The summed E-state index contributed by atoms with van der Waals surface area (Å²) in [5.74, 6) is 0.561. The second kappa shape index (κ2) is 7.70. The van der Waals surface area contributed by atoms with Crippen LogP contribution in [0.1, 0.15) is 32.1 Å². The summed E-state index contributed by atoms with van der Waals surface area (Å²) in [6.07, 6.45) is 4.10. The van der Waals surface area contributed by atoms with Gasteiger partial charge in [0.25, 0.3) is 0 Å². The maximum Gasteiger partial charge on any atom is 0.220 e. The van der Waals surface area contributed by atoms with Crippen LogP contribution in [0.4, 0.5) is 0 Å². The lowest BCUT2D eigenvalue weighted by atomic mass is 9.93. The van der Waals surface area contributed by atoms with E-state index in [9.17, 15) is 13.2 Å². The molecule has 1 amide bonds. The summed E-state index contributed by atoms with van der Waals surface area (Å²) in [5, 5.41) is 10.9. The Balaban J connectivity index is 2.03. The lowest BCUT2D eigenvalue weighted by Crippen LogP contribution is -2.30. The van der Waals surface area contributed by atoms with Gasteiger partial charge in [-0.05, 0) is 44.7 Å². The first-order valence-electron chi connectivity index (χ1n) is 6.45. The average Bonchev–Trinajstić information content (AvgIpc) is 2.32. The highest BCUT2D eigenvalue weighted by molar-refractivity contribution is 7.89. The van der Waals surface area contributed by atoms with Crippen molar-refractivity contribution in [1.82, 2.24) is 10.6 Å². The second-order valence-electron chi connectivity index (χ2n) is 4.80. The number of primary sulfonamides is 1. The van der Waals surface area contributed by atoms with E-state index < -0.39 is 10.0 Å². The maximum absolute atomic E-state index is 11.5. The Labute approximate surface area is 109 Å². The largest absolute Gasteiger partial charge is 0.356 e. The number of carbonyl (C=O) groups is 1. The molecule has 7 heteroatoms. The first-order chi connectivity index (χ1) is 8.47. The van der Waals surface area contributed by atoms with Crippen LogP contribution in [0.3, 0.4) is 0 Å². The van der Waals surface area contributed by atoms with Gasteiger partial charge in [0.05, 0.1) is 5.75 Å². The Hall–Kier alpha value is -0.660. The van der Waals surface area contributed by atoms with Gasteiger partial charge in [-0.1, -0.05) is 0 Å². The quantitative estimate of drug-likeness (QED) is 0.549. The highest BCUT2D eigenvalue weighted by Gasteiger charge is 2.14. The number of hydrogen-bond acceptors (Lipinski definition) is 4. The summed E-state index contributed by atoms with van der Waals surface area (Å²) in [4.78, 5) is 11.5. The molecule has 0 aromatic heterocycles. The molecule has 1 rings (SSSR count). The van der Waals surface area contributed by atoms with Gasteiger partial charge in [-0.15, -0.1) is 0 Å². The van der Waals surface area contributed by atoms with Gasteiger partial charge < -0.3 is 10.6 Å². The van der Waals surface area contributed by atoms with Gasteiger partial charge in [0.1, 0.15) is 0 Å². The van der Waals surface area contributed by atoms with Crippen molar-refractivity contribution in [1.29, 1.82) is 0 Å². The van der Waals surface area contributed by atoms with Gasteiger partial charge in [0, 0.05) is 13.0 Å². The Morgan fingerprint density at radius 3 is 2.61 bits per heavy atom. The van der Waals surface area contributed by atoms with Crippen LogP contribution in [0, 0.1) is 5.92 Å². The summed E-state index contributed by atoms with van der Waals surface area (Å²) >= 11 is 0. The zero-order chi connectivity index (χ0) is 13.4. The molecule has 0 radical (unpaired) electrons. The molecule has 0 aliphatic carbocycles. The topological polar surface area (TPSA) is 101 Å². The summed E-state index contributed by atoms with van der Waals surface area (Å²) in [6, 6.07) is 0. The van der Waals surface area contributed by atoms with Crippen LogP contribution >= 0.6 is 0 Å². The molecule has 0 aromatic rings. The van der Waals surface area contributed by atoms with Gasteiger partial charge >= 0.3 is 0 Å². The van der Waals surface area contributed by atoms with E-state index >= 15 is 0 Å². The molecule has 6 nitrogen and oxygen atoms in total. The molecular formula is C11H23N3O3S. The summed E-state index contributed by atoms with van der Waals surface area (Å²) < 4.78 is 21.3. The third-order valence-electron chi connectivity index (χ3n) is 3.17. The average molecular weight is 277 g/mol.